The number of thiazole rings is 2. The quantitative estimate of drug-likeness (QED) is 0.712. The van der Waals surface area contributed by atoms with Gasteiger partial charge in [-0.2, -0.15) is 0 Å². The summed E-state index contributed by atoms with van der Waals surface area (Å²) in [5.41, 5.74) is 4.10. The molecular weight excluding hydrogens is 342 g/mol. The maximum absolute atomic E-state index is 12.6. The van der Waals surface area contributed by atoms with Crippen LogP contribution in [0.4, 0.5) is 5.13 Å². The van der Waals surface area contributed by atoms with Crippen LogP contribution in [-0.2, 0) is 13.0 Å². The zero-order valence-corrected chi connectivity index (χ0v) is 15.0. The Morgan fingerprint density at radius 1 is 1.33 bits per heavy atom. The topological polar surface area (TPSA) is 64.1 Å². The molecule has 0 saturated carbocycles. The van der Waals surface area contributed by atoms with Crippen LogP contribution in [0.15, 0.2) is 35.2 Å². The third kappa shape index (κ3) is 3.80. The number of aryl methyl sites for hydroxylation is 2. The van der Waals surface area contributed by atoms with E-state index in [9.17, 15) is 4.79 Å². The van der Waals surface area contributed by atoms with Crippen molar-refractivity contribution < 1.29 is 9.53 Å². The molecule has 3 aromatic rings. The second-order valence-electron chi connectivity index (χ2n) is 5.09. The first-order valence-corrected chi connectivity index (χ1v) is 9.30. The van der Waals surface area contributed by atoms with Gasteiger partial charge in [0.05, 0.1) is 22.5 Å². The monoisotopic (exact) mass is 359 g/mol. The number of nitrogens with zero attached hydrogens (tertiary/aromatic N) is 2. The molecule has 1 amide bonds. The fourth-order valence-corrected chi connectivity index (χ4v) is 3.66. The molecule has 3 rings (SSSR count). The number of carbonyl (C=O) groups excluding carboxylic acids is 1. The molecule has 0 spiro atoms. The van der Waals surface area contributed by atoms with Crippen LogP contribution < -0.4 is 10.1 Å². The first-order valence-electron chi connectivity index (χ1n) is 7.54. The zero-order chi connectivity index (χ0) is 16.9. The Balaban J connectivity index is 1.74. The second kappa shape index (κ2) is 7.55. The Bertz CT molecular complexity index is 828. The molecule has 5 nitrogen and oxygen atoms in total. The van der Waals surface area contributed by atoms with Gasteiger partial charge in [0.15, 0.2) is 5.13 Å². The zero-order valence-electron chi connectivity index (χ0n) is 13.4. The van der Waals surface area contributed by atoms with Crippen molar-refractivity contribution in [2.24, 2.45) is 0 Å². The van der Waals surface area contributed by atoms with Gasteiger partial charge >= 0.3 is 0 Å². The maximum Gasteiger partial charge on any atom is 0.261 e. The van der Waals surface area contributed by atoms with E-state index in [0.29, 0.717) is 23.1 Å². The first-order chi connectivity index (χ1) is 11.7. The van der Waals surface area contributed by atoms with E-state index in [4.69, 9.17) is 4.74 Å². The number of anilines is 1. The molecule has 124 valence electrons. The Hall–Kier alpha value is -2.25. The third-order valence-electron chi connectivity index (χ3n) is 3.44. The van der Waals surface area contributed by atoms with Gasteiger partial charge in [-0.05, 0) is 25.5 Å². The summed E-state index contributed by atoms with van der Waals surface area (Å²) >= 11 is 3.00. The van der Waals surface area contributed by atoms with Crippen molar-refractivity contribution in [2.45, 2.75) is 26.9 Å². The largest absolute Gasteiger partial charge is 0.486 e. The molecule has 0 unspecified atom stereocenters. The average Bonchev–Trinajstić information content (AvgIpc) is 3.22. The van der Waals surface area contributed by atoms with E-state index in [1.54, 1.807) is 17.6 Å². The first kappa shape index (κ1) is 16.6. The Morgan fingerprint density at radius 3 is 2.88 bits per heavy atom. The molecule has 24 heavy (non-hydrogen) atoms. The predicted octanol–water partition coefficient (Wildman–Crippen LogP) is 4.30. The van der Waals surface area contributed by atoms with Crippen LogP contribution in [0.25, 0.3) is 0 Å². The number of carbonyl (C=O) groups is 1. The number of benzene rings is 1. The molecule has 0 aliphatic rings. The lowest BCUT2D eigenvalue weighted by Gasteiger charge is -2.10. The number of ether oxygens (including phenoxy) is 1. The van der Waals surface area contributed by atoms with Gasteiger partial charge in [-0.3, -0.25) is 10.1 Å². The van der Waals surface area contributed by atoms with Crippen molar-refractivity contribution in [1.29, 1.82) is 0 Å². The van der Waals surface area contributed by atoms with Crippen molar-refractivity contribution in [3.63, 3.8) is 0 Å². The fraction of sp³-hybridized carbons (Fsp3) is 0.235. The molecule has 2 heterocycles. The molecule has 1 aromatic carbocycles. The molecule has 2 aromatic heterocycles. The van der Waals surface area contributed by atoms with Gasteiger partial charge in [-0.25, -0.2) is 9.97 Å². The van der Waals surface area contributed by atoms with Gasteiger partial charge in [0.1, 0.15) is 12.4 Å². The number of nitrogens with one attached hydrogen (secondary N) is 1. The minimum Gasteiger partial charge on any atom is -0.486 e. The van der Waals surface area contributed by atoms with Crippen LogP contribution in [0.2, 0.25) is 0 Å². The molecule has 0 bridgehead atoms. The number of amides is 1. The molecule has 0 radical (unpaired) electrons. The molecule has 7 heteroatoms. The van der Waals surface area contributed by atoms with Crippen LogP contribution in [-0.4, -0.2) is 15.9 Å². The minimum absolute atomic E-state index is 0.222. The van der Waals surface area contributed by atoms with Gasteiger partial charge in [0, 0.05) is 10.3 Å². The highest BCUT2D eigenvalue weighted by Gasteiger charge is 2.15. The van der Waals surface area contributed by atoms with Crippen molar-refractivity contribution in [3.05, 3.63) is 57.0 Å². The van der Waals surface area contributed by atoms with E-state index in [2.05, 4.69) is 22.2 Å². The van der Waals surface area contributed by atoms with E-state index < -0.39 is 0 Å². The fourth-order valence-electron chi connectivity index (χ4n) is 2.21. The van der Waals surface area contributed by atoms with Crippen LogP contribution in [0, 0.1) is 6.92 Å². The number of hydrogen-bond donors (Lipinski definition) is 1. The van der Waals surface area contributed by atoms with Gasteiger partial charge < -0.3 is 4.74 Å². The minimum atomic E-state index is -0.222. The lowest BCUT2D eigenvalue weighted by molar-refractivity contribution is 0.102. The Kier molecular flexibility index (Phi) is 5.22. The summed E-state index contributed by atoms with van der Waals surface area (Å²) in [7, 11) is 0. The molecule has 1 N–H and O–H groups in total. The molecule has 0 saturated heterocycles. The van der Waals surface area contributed by atoms with Crippen molar-refractivity contribution in [2.75, 3.05) is 5.32 Å². The van der Waals surface area contributed by atoms with Crippen LogP contribution in [0.5, 0.6) is 5.75 Å². The van der Waals surface area contributed by atoms with Gasteiger partial charge in [0.25, 0.3) is 5.91 Å². The molecule has 0 atom stereocenters. The van der Waals surface area contributed by atoms with E-state index in [0.717, 1.165) is 22.7 Å². The third-order valence-corrected chi connectivity index (χ3v) is 5.00. The highest BCUT2D eigenvalue weighted by Crippen LogP contribution is 2.25. The molecular formula is C17H17N3O2S2. The summed E-state index contributed by atoms with van der Waals surface area (Å²) in [6.07, 6.45) is 0.853. The lowest BCUT2D eigenvalue weighted by atomic mass is 10.2. The number of rotatable bonds is 6. The van der Waals surface area contributed by atoms with Crippen molar-refractivity contribution in [3.8, 4) is 5.75 Å². The average molecular weight is 359 g/mol. The lowest BCUT2D eigenvalue weighted by Crippen LogP contribution is -2.13. The van der Waals surface area contributed by atoms with Crippen LogP contribution >= 0.6 is 22.7 Å². The summed E-state index contributed by atoms with van der Waals surface area (Å²) in [5, 5.41) is 5.40. The summed E-state index contributed by atoms with van der Waals surface area (Å²) in [5.74, 6) is 0.312. The van der Waals surface area contributed by atoms with E-state index >= 15 is 0 Å². The number of aromatic nitrogens is 2. The maximum atomic E-state index is 12.6. The van der Waals surface area contributed by atoms with Crippen LogP contribution in [0.1, 0.15) is 33.5 Å². The molecule has 0 aliphatic heterocycles. The Morgan fingerprint density at radius 2 is 2.17 bits per heavy atom. The number of para-hydroxylation sites is 1. The summed E-state index contributed by atoms with van der Waals surface area (Å²) in [6.45, 7) is 4.40. The smallest absolute Gasteiger partial charge is 0.261 e. The Labute approximate surface area is 148 Å². The molecule has 0 fully saturated rings. The van der Waals surface area contributed by atoms with E-state index in [1.807, 2.05) is 24.4 Å². The van der Waals surface area contributed by atoms with Crippen LogP contribution in [0.3, 0.4) is 0 Å². The van der Waals surface area contributed by atoms with Gasteiger partial charge in [-0.1, -0.05) is 19.1 Å². The molecule has 0 aliphatic carbocycles. The van der Waals surface area contributed by atoms with Gasteiger partial charge in [-0.15, -0.1) is 22.7 Å². The van der Waals surface area contributed by atoms with Crippen molar-refractivity contribution in [1.82, 2.24) is 9.97 Å². The van der Waals surface area contributed by atoms with E-state index in [1.165, 1.54) is 22.7 Å². The SMILES string of the molecule is CCc1nc(NC(=O)c2ccccc2OCc2cscn2)sc1C. The summed E-state index contributed by atoms with van der Waals surface area (Å²) in [6, 6.07) is 7.18. The van der Waals surface area contributed by atoms with E-state index in [-0.39, 0.29) is 5.91 Å². The summed E-state index contributed by atoms with van der Waals surface area (Å²) < 4.78 is 5.76. The summed E-state index contributed by atoms with van der Waals surface area (Å²) in [4.78, 5) is 22.3. The van der Waals surface area contributed by atoms with Crippen molar-refractivity contribution >= 4 is 33.7 Å². The standard InChI is InChI=1S/C17H17N3O2S2/c1-3-14-11(2)24-17(19-14)20-16(21)13-6-4-5-7-15(13)22-8-12-9-23-10-18-12/h4-7,9-10H,3,8H2,1-2H3,(H,19,20,21). The highest BCUT2D eigenvalue weighted by atomic mass is 32.1. The highest BCUT2D eigenvalue weighted by molar-refractivity contribution is 7.15. The van der Waals surface area contributed by atoms with Gasteiger partial charge in [0.2, 0.25) is 0 Å². The predicted molar refractivity (Wildman–Crippen MR) is 97.1 cm³/mol. The second-order valence-corrected chi connectivity index (χ2v) is 7.02. The number of hydrogen-bond acceptors (Lipinski definition) is 6. The normalized spacial score (nSPS) is 10.6.